The molecule has 1 N–H and O–H groups in total. The average Bonchev–Trinajstić information content (AvgIpc) is 3.07. The number of phosphoric acid groups is 1. The van der Waals surface area contributed by atoms with Crippen LogP contribution in [0.25, 0.3) is 0 Å². The molecule has 0 heterocycles. The third-order valence-corrected chi connectivity index (χ3v) is 29.7. The van der Waals surface area contributed by atoms with Crippen molar-refractivity contribution in [3.8, 4) is 0 Å². The van der Waals surface area contributed by atoms with Gasteiger partial charge in [-0.3, -0.25) is 0 Å². The maximum absolute atomic E-state index is 14.8. The molecule has 47 heavy (non-hydrogen) atoms. The second kappa shape index (κ2) is 26.7. The summed E-state index contributed by atoms with van der Waals surface area (Å²) in [4.78, 5) is 12.1. The summed E-state index contributed by atoms with van der Waals surface area (Å²) in [5.41, 5.74) is 0. The van der Waals surface area contributed by atoms with E-state index in [1.165, 1.54) is 128 Å². The molecule has 0 aliphatic carbocycles. The van der Waals surface area contributed by atoms with Gasteiger partial charge < -0.3 is 0 Å². The van der Waals surface area contributed by atoms with Crippen LogP contribution in [0.15, 0.2) is 0 Å². The Labute approximate surface area is 297 Å². The van der Waals surface area contributed by atoms with E-state index in [1.807, 2.05) is 0 Å². The van der Waals surface area contributed by atoms with Crippen LogP contribution in [-0.2, 0) is 13.2 Å². The van der Waals surface area contributed by atoms with Crippen molar-refractivity contribution in [3.05, 3.63) is 0 Å². The van der Waals surface area contributed by atoms with Gasteiger partial charge in [0.15, 0.2) is 0 Å². The fraction of sp³-hybridized carbons (Fsp3) is 1.00. The number of rotatable bonds is 36. The van der Waals surface area contributed by atoms with E-state index >= 15 is 0 Å². The van der Waals surface area contributed by atoms with Crippen molar-refractivity contribution in [2.45, 2.75) is 209 Å². The van der Waals surface area contributed by atoms with Crippen LogP contribution in [0, 0.1) is 0 Å². The fourth-order valence-corrected chi connectivity index (χ4v) is 24.3. The molecule has 0 aromatic heterocycles. The van der Waals surface area contributed by atoms with Crippen molar-refractivity contribution in [3.63, 3.8) is 0 Å². The third kappa shape index (κ3) is 18.9. The van der Waals surface area contributed by atoms with Gasteiger partial charge in [0.05, 0.1) is 0 Å². The maximum atomic E-state index is 14.8. The molecule has 0 rings (SSSR count). The number of hydrogen-bond donors (Lipinski definition) is 1. The molecule has 0 amide bonds. The first kappa shape index (κ1) is 48.0. The Morgan fingerprint density at radius 2 is 0.553 bits per heavy atom. The molecule has 0 unspecified atom stereocenters. The minimum absolute atomic E-state index is 0.892. The van der Waals surface area contributed by atoms with Gasteiger partial charge in [-0.1, -0.05) is 0 Å². The van der Waals surface area contributed by atoms with Gasteiger partial charge in [-0.05, 0) is 0 Å². The van der Waals surface area contributed by atoms with E-state index in [0.29, 0.717) is 0 Å². The van der Waals surface area contributed by atoms with Gasteiger partial charge in [-0.15, -0.1) is 0 Å². The summed E-state index contributed by atoms with van der Waals surface area (Å²) in [6, 6.07) is 0. The molecule has 288 valence electrons. The predicted octanol–water partition coefficient (Wildman–Crippen LogP) is 15.6. The standard InChI is InChI=1S/C40H89O4P3/c1-9-17-21-25-29-33-37-46(13-5,14-6,38-34-30-26-22-18-10-2)43-45(41,42)44-47(15-7,16-8,39-35-31-27-23-19-11-3)40-36-32-28-24-20-12-4/h9-40H2,1-8H3,(H,41,42). The predicted molar refractivity (Wildman–Crippen MR) is 221 cm³/mol. The zero-order valence-electron chi connectivity index (χ0n) is 33.6. The van der Waals surface area contributed by atoms with Crippen molar-refractivity contribution in [1.82, 2.24) is 0 Å². The molecule has 0 saturated carbocycles. The van der Waals surface area contributed by atoms with E-state index in [0.717, 1.165) is 75.0 Å². The molecule has 0 atom stereocenters. The van der Waals surface area contributed by atoms with Gasteiger partial charge in [-0.2, -0.15) is 0 Å². The normalized spacial score (nSPS) is 15.6. The SMILES string of the molecule is CCCCCCCCP(CC)(CC)(CCCCCCCC)OP(=O)(O)OP(CC)(CC)(CCCCCCCC)CCCCCCCC. The molecule has 0 spiro atoms. The van der Waals surface area contributed by atoms with Gasteiger partial charge in [0.1, 0.15) is 0 Å². The van der Waals surface area contributed by atoms with E-state index in [-0.39, 0.29) is 0 Å². The molecule has 0 fully saturated rings. The molecule has 0 saturated heterocycles. The summed E-state index contributed by atoms with van der Waals surface area (Å²) in [6.07, 6.45) is 37.2. The van der Waals surface area contributed by atoms with Crippen molar-refractivity contribution in [2.24, 2.45) is 0 Å². The van der Waals surface area contributed by atoms with Crippen LogP contribution in [0.2, 0.25) is 0 Å². The van der Waals surface area contributed by atoms with Gasteiger partial charge in [-0.25, -0.2) is 0 Å². The summed E-state index contributed by atoms with van der Waals surface area (Å²) in [5.74, 6) is 0. The van der Waals surface area contributed by atoms with E-state index in [4.69, 9.17) is 8.62 Å². The molecular formula is C40H89O4P3. The molecule has 0 radical (unpaired) electrons. The van der Waals surface area contributed by atoms with Crippen LogP contribution in [-0.4, -0.2) is 54.2 Å². The van der Waals surface area contributed by atoms with E-state index in [9.17, 15) is 9.46 Å². The molecule has 0 aliphatic heterocycles. The van der Waals surface area contributed by atoms with Crippen molar-refractivity contribution in [2.75, 3.05) is 49.3 Å². The van der Waals surface area contributed by atoms with Crippen LogP contribution in [0.1, 0.15) is 209 Å². The third-order valence-electron chi connectivity index (χ3n) is 12.2. The summed E-state index contributed by atoms with van der Waals surface area (Å²) >= 11 is 0. The molecule has 0 aromatic rings. The first-order valence-electron chi connectivity index (χ1n) is 21.3. The Morgan fingerprint density at radius 1 is 0.362 bits per heavy atom. The molecule has 7 heteroatoms. The molecule has 0 bridgehead atoms. The van der Waals surface area contributed by atoms with Crippen LogP contribution in [0.4, 0.5) is 0 Å². The Bertz CT molecular complexity index is 681. The summed E-state index contributed by atoms with van der Waals surface area (Å²) in [5, 5.41) is 0. The first-order valence-corrected chi connectivity index (χ1v) is 28.6. The Hall–Kier alpha value is 0.970. The van der Waals surface area contributed by atoms with Crippen LogP contribution in [0.5, 0.6) is 0 Å². The van der Waals surface area contributed by atoms with E-state index in [1.54, 1.807) is 0 Å². The van der Waals surface area contributed by atoms with Crippen molar-refractivity contribution < 1.29 is 18.1 Å². The van der Waals surface area contributed by atoms with Crippen LogP contribution in [0.3, 0.4) is 0 Å². The zero-order valence-corrected chi connectivity index (χ0v) is 36.3. The molecule has 0 aliphatic rings. The molecule has 0 aromatic carbocycles. The topological polar surface area (TPSA) is 55.8 Å². The molecule has 4 nitrogen and oxygen atoms in total. The Balaban J connectivity index is 6.30. The summed E-state index contributed by atoms with van der Waals surface area (Å²) in [6.45, 7) is 12.2. The van der Waals surface area contributed by atoms with Gasteiger partial charge in [0.25, 0.3) is 0 Å². The van der Waals surface area contributed by atoms with E-state index < -0.39 is 21.5 Å². The average molecular weight is 727 g/mol. The van der Waals surface area contributed by atoms with Gasteiger partial charge in [0.2, 0.25) is 0 Å². The number of unbranched alkanes of at least 4 members (excludes halogenated alkanes) is 20. The monoisotopic (exact) mass is 727 g/mol. The quantitative estimate of drug-likeness (QED) is 0.0516. The second-order valence-electron chi connectivity index (χ2n) is 15.6. The van der Waals surface area contributed by atoms with Crippen molar-refractivity contribution >= 4 is 21.5 Å². The zero-order chi connectivity index (χ0) is 35.4. The van der Waals surface area contributed by atoms with Crippen LogP contribution >= 0.6 is 21.5 Å². The van der Waals surface area contributed by atoms with Crippen molar-refractivity contribution in [1.29, 1.82) is 0 Å². The van der Waals surface area contributed by atoms with E-state index in [2.05, 4.69) is 55.4 Å². The van der Waals surface area contributed by atoms with Crippen LogP contribution < -0.4 is 0 Å². The number of hydrogen-bond acceptors (Lipinski definition) is 3. The Morgan fingerprint density at radius 3 is 0.745 bits per heavy atom. The Kier molecular flexibility index (Phi) is 27.3. The second-order valence-corrected chi connectivity index (χ2v) is 29.6. The molecular weight excluding hydrogens is 637 g/mol. The minimum atomic E-state index is -4.28. The summed E-state index contributed by atoms with van der Waals surface area (Å²) < 4.78 is 28.8. The fourth-order valence-electron chi connectivity index (χ4n) is 8.10. The van der Waals surface area contributed by atoms with Gasteiger partial charge in [0, 0.05) is 0 Å². The first-order chi connectivity index (χ1) is 22.5. The summed E-state index contributed by atoms with van der Waals surface area (Å²) in [7, 11) is -4.28. The van der Waals surface area contributed by atoms with Gasteiger partial charge >= 0.3 is 298 Å².